The van der Waals surface area contributed by atoms with Crippen LogP contribution in [-0.4, -0.2) is 4.83 Å². The highest BCUT2D eigenvalue weighted by atomic mass is 79.9. The van der Waals surface area contributed by atoms with E-state index in [1.807, 2.05) is 6.07 Å². The van der Waals surface area contributed by atoms with E-state index in [1.54, 1.807) is 12.1 Å². The summed E-state index contributed by atoms with van der Waals surface area (Å²) in [5, 5.41) is 0. The molecule has 0 nitrogen and oxygen atoms in total. The number of benzene rings is 1. The van der Waals surface area contributed by atoms with Crippen LogP contribution in [0.1, 0.15) is 38.7 Å². The molecule has 3 atom stereocenters. The Morgan fingerprint density at radius 3 is 2.74 bits per heavy atom. The van der Waals surface area contributed by atoms with Gasteiger partial charge in [0.25, 0.3) is 0 Å². The summed E-state index contributed by atoms with van der Waals surface area (Å²) in [6.07, 6.45) is 4.55. The molecule has 3 heteroatoms. The molecule has 1 fully saturated rings. The van der Waals surface area contributed by atoms with Crippen molar-refractivity contribution in [2.24, 2.45) is 17.8 Å². The summed E-state index contributed by atoms with van der Waals surface area (Å²) in [6, 6.07) is 5.25. The van der Waals surface area contributed by atoms with E-state index >= 15 is 0 Å². The molecule has 0 saturated heterocycles. The number of hydrogen-bond donors (Lipinski definition) is 0. The third-order valence-corrected chi connectivity index (χ3v) is 6.06. The zero-order valence-electron chi connectivity index (χ0n) is 11.5. The maximum absolute atomic E-state index is 13.9. The number of alkyl halides is 1. The van der Waals surface area contributed by atoms with E-state index in [2.05, 4.69) is 45.7 Å². The molecule has 1 aliphatic carbocycles. The second-order valence-electron chi connectivity index (χ2n) is 6.03. The third kappa shape index (κ3) is 4.04. The lowest BCUT2D eigenvalue weighted by atomic mass is 9.74. The van der Waals surface area contributed by atoms with Crippen molar-refractivity contribution in [3.8, 4) is 0 Å². The molecule has 0 N–H and O–H groups in total. The summed E-state index contributed by atoms with van der Waals surface area (Å²) in [6.45, 7) is 4.60. The van der Waals surface area contributed by atoms with E-state index in [1.165, 1.54) is 19.3 Å². The van der Waals surface area contributed by atoms with Crippen LogP contribution in [0.4, 0.5) is 4.39 Å². The zero-order chi connectivity index (χ0) is 14.0. The van der Waals surface area contributed by atoms with Crippen LogP contribution in [-0.2, 0) is 6.42 Å². The smallest absolute Gasteiger partial charge is 0.126 e. The molecule has 0 spiro atoms. The van der Waals surface area contributed by atoms with Crippen molar-refractivity contribution in [1.82, 2.24) is 0 Å². The predicted octanol–water partition coefficient (Wildman–Crippen LogP) is 5.97. The fourth-order valence-corrected chi connectivity index (χ4v) is 4.14. The van der Waals surface area contributed by atoms with Crippen LogP contribution >= 0.6 is 31.9 Å². The number of rotatable bonds is 3. The van der Waals surface area contributed by atoms with E-state index in [0.29, 0.717) is 10.7 Å². The fourth-order valence-electron chi connectivity index (χ4n) is 3.06. The minimum Gasteiger partial charge on any atom is -0.207 e. The first-order chi connectivity index (χ1) is 8.97. The van der Waals surface area contributed by atoms with Crippen LogP contribution in [0.15, 0.2) is 22.7 Å². The van der Waals surface area contributed by atoms with Gasteiger partial charge in [0, 0.05) is 9.30 Å². The molecular formula is C16H21Br2F. The van der Waals surface area contributed by atoms with Crippen LogP contribution < -0.4 is 0 Å². The standard InChI is InChI=1S/C16H21Br2F/c1-10(2)11-3-5-15(18)12(7-11)8-13-9-14(17)4-6-16(13)19/h4,6,9-12,15H,3,5,7-8H2,1-2H3. The average Bonchev–Trinajstić information content (AvgIpc) is 2.36. The van der Waals surface area contributed by atoms with Crippen molar-refractivity contribution in [1.29, 1.82) is 0 Å². The molecule has 3 unspecified atom stereocenters. The summed E-state index contributed by atoms with van der Waals surface area (Å²) >= 11 is 7.23. The Hall–Kier alpha value is 0.110. The van der Waals surface area contributed by atoms with Gasteiger partial charge in [-0.25, -0.2) is 4.39 Å². The third-order valence-electron chi connectivity index (χ3n) is 4.36. The molecule has 106 valence electrons. The molecule has 1 aromatic carbocycles. The minimum absolute atomic E-state index is 0.0745. The van der Waals surface area contributed by atoms with Crippen molar-refractivity contribution >= 4 is 31.9 Å². The Kier molecular flexibility index (Phi) is 5.47. The van der Waals surface area contributed by atoms with Gasteiger partial charge in [-0.05, 0) is 67.2 Å². The summed E-state index contributed by atoms with van der Waals surface area (Å²) in [7, 11) is 0. The Balaban J connectivity index is 2.09. The molecule has 1 aromatic rings. The highest BCUT2D eigenvalue weighted by Crippen LogP contribution is 2.39. The molecule has 1 saturated carbocycles. The molecule has 0 heterocycles. The topological polar surface area (TPSA) is 0 Å². The predicted molar refractivity (Wildman–Crippen MR) is 86.2 cm³/mol. The summed E-state index contributed by atoms with van der Waals surface area (Å²) in [5.74, 6) is 1.99. The Morgan fingerprint density at radius 1 is 1.32 bits per heavy atom. The van der Waals surface area contributed by atoms with Gasteiger partial charge >= 0.3 is 0 Å². The van der Waals surface area contributed by atoms with Gasteiger partial charge in [0.1, 0.15) is 5.82 Å². The lowest BCUT2D eigenvalue weighted by Crippen LogP contribution is -2.29. The maximum Gasteiger partial charge on any atom is 0.126 e. The van der Waals surface area contributed by atoms with Crippen LogP contribution in [0.25, 0.3) is 0 Å². The van der Waals surface area contributed by atoms with E-state index < -0.39 is 0 Å². The fraction of sp³-hybridized carbons (Fsp3) is 0.625. The van der Waals surface area contributed by atoms with Crippen LogP contribution in [0, 0.1) is 23.6 Å². The van der Waals surface area contributed by atoms with Crippen molar-refractivity contribution < 1.29 is 4.39 Å². The molecule has 19 heavy (non-hydrogen) atoms. The second kappa shape index (κ2) is 6.71. The molecule has 0 amide bonds. The summed E-state index contributed by atoms with van der Waals surface area (Å²) < 4.78 is 14.8. The van der Waals surface area contributed by atoms with E-state index in [9.17, 15) is 4.39 Å². The van der Waals surface area contributed by atoms with Gasteiger partial charge in [-0.3, -0.25) is 0 Å². The largest absolute Gasteiger partial charge is 0.207 e. The summed E-state index contributed by atoms with van der Waals surface area (Å²) in [4.78, 5) is 0.529. The quantitative estimate of drug-likeness (QED) is 0.557. The van der Waals surface area contributed by atoms with Gasteiger partial charge in [-0.15, -0.1) is 0 Å². The van der Waals surface area contributed by atoms with Gasteiger partial charge in [0.2, 0.25) is 0 Å². The maximum atomic E-state index is 13.9. The van der Waals surface area contributed by atoms with Crippen molar-refractivity contribution in [2.45, 2.75) is 44.4 Å². The monoisotopic (exact) mass is 390 g/mol. The molecule has 0 aliphatic heterocycles. The second-order valence-corrected chi connectivity index (χ2v) is 8.12. The summed E-state index contributed by atoms with van der Waals surface area (Å²) in [5.41, 5.74) is 0.841. The van der Waals surface area contributed by atoms with Gasteiger partial charge in [0.15, 0.2) is 0 Å². The van der Waals surface area contributed by atoms with Gasteiger partial charge < -0.3 is 0 Å². The van der Waals surface area contributed by atoms with Crippen LogP contribution in [0.5, 0.6) is 0 Å². The molecule has 0 aromatic heterocycles. The lowest BCUT2D eigenvalue weighted by Gasteiger charge is -2.35. The average molecular weight is 392 g/mol. The molecular weight excluding hydrogens is 371 g/mol. The number of halogens is 3. The van der Waals surface area contributed by atoms with Gasteiger partial charge in [0.05, 0.1) is 0 Å². The SMILES string of the molecule is CC(C)C1CCC(Br)C(Cc2cc(Br)ccc2F)C1. The normalized spacial score (nSPS) is 27.8. The lowest BCUT2D eigenvalue weighted by molar-refractivity contribution is 0.222. The van der Waals surface area contributed by atoms with Crippen LogP contribution in [0.3, 0.4) is 0 Å². The number of hydrogen-bond acceptors (Lipinski definition) is 0. The first kappa shape index (κ1) is 15.5. The van der Waals surface area contributed by atoms with E-state index in [0.717, 1.165) is 28.3 Å². The van der Waals surface area contributed by atoms with Crippen molar-refractivity contribution in [2.75, 3.05) is 0 Å². The molecule has 2 rings (SSSR count). The Morgan fingerprint density at radius 2 is 2.05 bits per heavy atom. The van der Waals surface area contributed by atoms with Gasteiger partial charge in [-0.2, -0.15) is 0 Å². The first-order valence-corrected chi connectivity index (χ1v) is 8.76. The molecule has 1 aliphatic rings. The molecule has 0 bridgehead atoms. The Bertz CT molecular complexity index is 431. The van der Waals surface area contributed by atoms with Crippen molar-refractivity contribution in [3.63, 3.8) is 0 Å². The van der Waals surface area contributed by atoms with Gasteiger partial charge in [-0.1, -0.05) is 45.7 Å². The van der Waals surface area contributed by atoms with Crippen molar-refractivity contribution in [3.05, 3.63) is 34.1 Å². The highest BCUT2D eigenvalue weighted by Gasteiger charge is 2.30. The minimum atomic E-state index is -0.0745. The van der Waals surface area contributed by atoms with E-state index in [4.69, 9.17) is 0 Å². The first-order valence-electron chi connectivity index (χ1n) is 7.05. The Labute approximate surface area is 132 Å². The van der Waals surface area contributed by atoms with E-state index in [-0.39, 0.29) is 5.82 Å². The highest BCUT2D eigenvalue weighted by molar-refractivity contribution is 9.10. The zero-order valence-corrected chi connectivity index (χ0v) is 14.7. The van der Waals surface area contributed by atoms with Crippen LogP contribution in [0.2, 0.25) is 0 Å². The molecule has 0 radical (unpaired) electrons.